The minimum Gasteiger partial charge on any atom is -0.350 e. The number of fused-ring (bicyclic) bond motifs is 1. The van der Waals surface area contributed by atoms with Crippen LogP contribution in [0.5, 0.6) is 0 Å². The van der Waals surface area contributed by atoms with Crippen molar-refractivity contribution in [2.75, 3.05) is 23.7 Å². The van der Waals surface area contributed by atoms with E-state index in [4.69, 9.17) is 0 Å². The van der Waals surface area contributed by atoms with E-state index in [0.29, 0.717) is 13.1 Å². The van der Waals surface area contributed by atoms with Crippen molar-refractivity contribution in [2.45, 2.75) is 32.3 Å². The number of anilines is 1. The van der Waals surface area contributed by atoms with Gasteiger partial charge in [-0.25, -0.2) is 9.78 Å². The van der Waals surface area contributed by atoms with E-state index in [1.54, 1.807) is 16.7 Å². The lowest BCUT2D eigenvalue weighted by atomic mass is 10.1. The van der Waals surface area contributed by atoms with Crippen LogP contribution in [0.4, 0.5) is 10.5 Å². The summed E-state index contributed by atoms with van der Waals surface area (Å²) in [5, 5.41) is 6.42. The van der Waals surface area contributed by atoms with Gasteiger partial charge in [-0.05, 0) is 38.0 Å². The molecule has 1 aliphatic rings. The van der Waals surface area contributed by atoms with Gasteiger partial charge in [-0.1, -0.05) is 29.8 Å². The first-order valence-electron chi connectivity index (χ1n) is 8.92. The van der Waals surface area contributed by atoms with E-state index in [1.165, 1.54) is 5.56 Å². The Balaban J connectivity index is 1.55. The third-order valence-electron chi connectivity index (χ3n) is 4.36. The molecule has 2 aromatic rings. The molecule has 0 radical (unpaired) electrons. The van der Waals surface area contributed by atoms with E-state index in [2.05, 4.69) is 15.6 Å². The van der Waals surface area contributed by atoms with Gasteiger partial charge in [0.05, 0.1) is 12.2 Å². The summed E-state index contributed by atoms with van der Waals surface area (Å²) in [7, 11) is 0. The molecule has 0 atom stereocenters. The summed E-state index contributed by atoms with van der Waals surface area (Å²) in [6.45, 7) is 6.94. The van der Waals surface area contributed by atoms with Gasteiger partial charge < -0.3 is 10.6 Å². The van der Waals surface area contributed by atoms with Gasteiger partial charge in [-0.2, -0.15) is 0 Å². The topological polar surface area (TPSA) is 74.3 Å². The van der Waals surface area contributed by atoms with E-state index < -0.39 is 0 Å². The largest absolute Gasteiger partial charge is 0.350 e. The number of benzene rings is 1. The van der Waals surface area contributed by atoms with Crippen LogP contribution < -0.4 is 15.5 Å². The SMILES string of the molecule is Cc1ccc(CNC(=O)CNC(=O)N2CCSc3nc(C)cc(C)c32)cc1. The summed E-state index contributed by atoms with van der Waals surface area (Å²) < 4.78 is 0. The van der Waals surface area contributed by atoms with E-state index in [0.717, 1.165) is 33.3 Å². The zero-order valence-electron chi connectivity index (χ0n) is 15.8. The van der Waals surface area contributed by atoms with Crippen molar-refractivity contribution in [3.05, 3.63) is 52.7 Å². The molecule has 0 saturated carbocycles. The van der Waals surface area contributed by atoms with Gasteiger partial charge in [0.25, 0.3) is 0 Å². The average molecular weight is 385 g/mol. The van der Waals surface area contributed by atoms with Crippen molar-refractivity contribution < 1.29 is 9.59 Å². The van der Waals surface area contributed by atoms with Crippen molar-refractivity contribution in [1.82, 2.24) is 15.6 Å². The normalized spacial score (nSPS) is 13.1. The number of carbonyl (C=O) groups is 2. The maximum absolute atomic E-state index is 12.6. The summed E-state index contributed by atoms with van der Waals surface area (Å²) >= 11 is 1.66. The molecule has 0 spiro atoms. The minimum absolute atomic E-state index is 0.0536. The maximum atomic E-state index is 12.6. The highest BCUT2D eigenvalue weighted by molar-refractivity contribution is 7.99. The number of pyridine rings is 1. The van der Waals surface area contributed by atoms with Gasteiger partial charge in [0, 0.05) is 24.5 Å². The highest BCUT2D eigenvalue weighted by Gasteiger charge is 2.26. The second kappa shape index (κ2) is 8.43. The zero-order valence-corrected chi connectivity index (χ0v) is 16.7. The molecule has 0 fully saturated rings. The van der Waals surface area contributed by atoms with E-state index in [1.807, 2.05) is 51.1 Å². The summed E-state index contributed by atoms with van der Waals surface area (Å²) in [6, 6.07) is 9.68. The van der Waals surface area contributed by atoms with Gasteiger partial charge in [0.1, 0.15) is 5.03 Å². The molecule has 3 amide bonds. The standard InChI is InChI=1S/C20H24N4O2S/c1-13-4-6-16(7-5-13)11-21-17(25)12-22-20(26)24-8-9-27-19-18(24)14(2)10-15(3)23-19/h4-7,10H,8-9,11-12H2,1-3H3,(H,21,25)(H,22,26). The van der Waals surface area contributed by atoms with Gasteiger partial charge >= 0.3 is 6.03 Å². The first kappa shape index (κ1) is 19.2. The van der Waals surface area contributed by atoms with Gasteiger partial charge in [-0.15, -0.1) is 11.8 Å². The Morgan fingerprint density at radius 3 is 2.63 bits per heavy atom. The van der Waals surface area contributed by atoms with Crippen LogP contribution in [-0.4, -0.2) is 35.8 Å². The summed E-state index contributed by atoms with van der Waals surface area (Å²) in [5.74, 6) is 0.574. The fourth-order valence-electron chi connectivity index (χ4n) is 2.99. The van der Waals surface area contributed by atoms with Crippen molar-refractivity contribution in [1.29, 1.82) is 0 Å². The van der Waals surface area contributed by atoms with E-state index in [-0.39, 0.29) is 18.5 Å². The monoisotopic (exact) mass is 384 g/mol. The van der Waals surface area contributed by atoms with Crippen molar-refractivity contribution in [2.24, 2.45) is 0 Å². The molecule has 2 heterocycles. The highest BCUT2D eigenvalue weighted by atomic mass is 32.2. The van der Waals surface area contributed by atoms with Crippen LogP contribution in [0, 0.1) is 20.8 Å². The van der Waals surface area contributed by atoms with Crippen molar-refractivity contribution >= 4 is 29.4 Å². The molecule has 1 aromatic heterocycles. The molecule has 1 aliphatic heterocycles. The number of hydrogen-bond donors (Lipinski definition) is 2. The quantitative estimate of drug-likeness (QED) is 0.850. The fraction of sp³-hybridized carbons (Fsp3) is 0.350. The number of urea groups is 1. The number of aryl methyl sites for hydroxylation is 3. The Kier molecular flexibility index (Phi) is 6.01. The molecule has 3 rings (SSSR count). The Hall–Kier alpha value is -2.54. The van der Waals surface area contributed by atoms with Crippen LogP contribution >= 0.6 is 11.8 Å². The molecule has 0 bridgehead atoms. The van der Waals surface area contributed by atoms with Crippen molar-refractivity contribution in [3.63, 3.8) is 0 Å². The third-order valence-corrected chi connectivity index (χ3v) is 5.30. The lowest BCUT2D eigenvalue weighted by molar-refractivity contribution is -0.120. The minimum atomic E-state index is -0.268. The average Bonchev–Trinajstić information content (AvgIpc) is 2.64. The zero-order chi connectivity index (χ0) is 19.4. The number of hydrogen-bond acceptors (Lipinski definition) is 4. The molecule has 6 nitrogen and oxygen atoms in total. The summed E-state index contributed by atoms with van der Waals surface area (Å²) in [6.07, 6.45) is 0. The first-order chi connectivity index (χ1) is 12.9. The molecule has 2 N–H and O–H groups in total. The van der Waals surface area contributed by atoms with Crippen LogP contribution in [0.1, 0.15) is 22.4 Å². The van der Waals surface area contributed by atoms with Gasteiger partial charge in [0.2, 0.25) is 5.91 Å². The summed E-state index contributed by atoms with van der Waals surface area (Å²) in [5.41, 5.74) is 5.01. The van der Waals surface area contributed by atoms with Crippen LogP contribution in [0.3, 0.4) is 0 Å². The first-order valence-corrected chi connectivity index (χ1v) is 9.91. The Bertz CT molecular complexity index is 852. The maximum Gasteiger partial charge on any atom is 0.322 e. The molecular formula is C20H24N4O2S. The number of nitrogens with one attached hydrogen (secondary N) is 2. The van der Waals surface area contributed by atoms with Crippen LogP contribution in [0.15, 0.2) is 35.4 Å². The number of nitrogens with zero attached hydrogens (tertiary/aromatic N) is 2. The molecule has 0 unspecified atom stereocenters. The smallest absolute Gasteiger partial charge is 0.322 e. The fourth-order valence-corrected chi connectivity index (χ4v) is 4.08. The molecular weight excluding hydrogens is 360 g/mol. The predicted octanol–water partition coefficient (Wildman–Crippen LogP) is 2.94. The summed E-state index contributed by atoms with van der Waals surface area (Å²) in [4.78, 5) is 30.9. The predicted molar refractivity (Wildman–Crippen MR) is 108 cm³/mol. The lowest BCUT2D eigenvalue weighted by Gasteiger charge is -2.30. The number of rotatable bonds is 4. The van der Waals surface area contributed by atoms with E-state index >= 15 is 0 Å². The second-order valence-electron chi connectivity index (χ2n) is 6.66. The van der Waals surface area contributed by atoms with Crippen molar-refractivity contribution in [3.8, 4) is 0 Å². The van der Waals surface area contributed by atoms with E-state index in [9.17, 15) is 9.59 Å². The Morgan fingerprint density at radius 1 is 1.15 bits per heavy atom. The van der Waals surface area contributed by atoms with Crippen LogP contribution in [-0.2, 0) is 11.3 Å². The molecule has 0 saturated heterocycles. The lowest BCUT2D eigenvalue weighted by Crippen LogP contribution is -2.46. The number of carbonyl (C=O) groups excluding carboxylic acids is 2. The van der Waals surface area contributed by atoms with Crippen LogP contribution in [0.2, 0.25) is 0 Å². The third kappa shape index (κ3) is 4.80. The molecule has 27 heavy (non-hydrogen) atoms. The molecule has 7 heteroatoms. The molecule has 142 valence electrons. The van der Waals surface area contributed by atoms with Gasteiger partial charge in [-0.3, -0.25) is 9.69 Å². The number of amides is 3. The Morgan fingerprint density at radius 2 is 1.89 bits per heavy atom. The van der Waals surface area contributed by atoms with Crippen LogP contribution in [0.25, 0.3) is 0 Å². The highest BCUT2D eigenvalue weighted by Crippen LogP contribution is 2.36. The number of thioether (sulfide) groups is 1. The molecule has 0 aliphatic carbocycles. The second-order valence-corrected chi connectivity index (χ2v) is 7.74. The Labute approximate surface area is 163 Å². The van der Waals surface area contributed by atoms with Gasteiger partial charge in [0.15, 0.2) is 0 Å². The molecule has 1 aromatic carbocycles. The number of aromatic nitrogens is 1.